The molecule has 1 N–H and O–H groups in total. The van der Waals surface area contributed by atoms with Gasteiger partial charge in [0.1, 0.15) is 5.75 Å². The smallest absolute Gasteiger partial charge is 0.197 e. The summed E-state index contributed by atoms with van der Waals surface area (Å²) in [6.45, 7) is 3.27. The van der Waals surface area contributed by atoms with E-state index in [9.17, 15) is 9.90 Å². The highest BCUT2D eigenvalue weighted by Gasteiger charge is 2.05. The summed E-state index contributed by atoms with van der Waals surface area (Å²) in [6, 6.07) is 6.35. The van der Waals surface area contributed by atoms with Crippen LogP contribution in [-0.4, -0.2) is 10.9 Å². The largest absolute Gasteiger partial charge is 0.507 e. The van der Waals surface area contributed by atoms with Gasteiger partial charge in [-0.05, 0) is 12.1 Å². The molecule has 60 valence electrons. The molecule has 0 amide bonds. The molecule has 1 rings (SSSR count). The minimum Gasteiger partial charge on any atom is -0.507 e. The fourth-order valence-electron chi connectivity index (χ4n) is 0.852. The van der Waals surface area contributed by atoms with Gasteiger partial charge in [0.2, 0.25) is 0 Å². The lowest BCUT2D eigenvalue weighted by molar-refractivity contribution is 0.104. The Balaban J connectivity index is 3.11. The van der Waals surface area contributed by atoms with Crippen LogP contribution in [0.4, 0.5) is 0 Å². The summed E-state index contributed by atoms with van der Waals surface area (Å²) in [5.74, 6) is -0.308. The Morgan fingerprint density at radius 2 is 2.17 bits per heavy atom. The Morgan fingerprint density at radius 3 is 2.75 bits per heavy atom. The second-order valence-corrected chi connectivity index (χ2v) is 2.23. The van der Waals surface area contributed by atoms with Gasteiger partial charge in [0.15, 0.2) is 5.78 Å². The number of para-hydroxylation sites is 1. The van der Waals surface area contributed by atoms with Gasteiger partial charge in [-0.2, -0.15) is 0 Å². The van der Waals surface area contributed by atoms with Crippen LogP contribution >= 0.6 is 0 Å². The van der Waals surface area contributed by atoms with Gasteiger partial charge in [-0.15, -0.1) is 5.73 Å². The minimum absolute atomic E-state index is 0.0194. The summed E-state index contributed by atoms with van der Waals surface area (Å²) in [5, 5.41) is 9.22. The number of hydrogen-bond donors (Lipinski definition) is 1. The fourth-order valence-corrected chi connectivity index (χ4v) is 0.852. The maximum absolute atomic E-state index is 11.1. The maximum atomic E-state index is 11.1. The van der Waals surface area contributed by atoms with Crippen molar-refractivity contribution in [3.63, 3.8) is 0 Å². The molecule has 2 nitrogen and oxygen atoms in total. The highest BCUT2D eigenvalue weighted by atomic mass is 16.3. The Hall–Kier alpha value is -1.79. The summed E-state index contributed by atoms with van der Waals surface area (Å²) in [4.78, 5) is 11.1. The highest BCUT2D eigenvalue weighted by molar-refractivity contribution is 6.06. The third-order valence-electron chi connectivity index (χ3n) is 1.40. The van der Waals surface area contributed by atoms with Gasteiger partial charge in [-0.1, -0.05) is 18.7 Å². The molecule has 0 saturated heterocycles. The predicted molar refractivity (Wildman–Crippen MR) is 46.1 cm³/mol. The zero-order valence-corrected chi connectivity index (χ0v) is 6.45. The topological polar surface area (TPSA) is 37.3 Å². The Morgan fingerprint density at radius 1 is 1.50 bits per heavy atom. The van der Waals surface area contributed by atoms with Crippen LogP contribution in [0.2, 0.25) is 0 Å². The van der Waals surface area contributed by atoms with Crippen LogP contribution in [0.3, 0.4) is 0 Å². The Labute approximate surface area is 70.5 Å². The van der Waals surface area contributed by atoms with Crippen LogP contribution in [0.15, 0.2) is 42.7 Å². The van der Waals surface area contributed by atoms with Gasteiger partial charge in [-0.25, -0.2) is 0 Å². The number of carbonyl (C=O) groups is 1. The van der Waals surface area contributed by atoms with Gasteiger partial charge < -0.3 is 5.11 Å². The van der Waals surface area contributed by atoms with Crippen LogP contribution < -0.4 is 0 Å². The molecule has 0 saturated carbocycles. The molecule has 0 heterocycles. The van der Waals surface area contributed by atoms with Crippen molar-refractivity contribution in [2.45, 2.75) is 0 Å². The highest BCUT2D eigenvalue weighted by Crippen LogP contribution is 2.15. The number of carbonyl (C=O) groups excluding carboxylic acids is 1. The summed E-state index contributed by atoms with van der Waals surface area (Å²) in [6.07, 6.45) is 1.19. The molecule has 0 aromatic heterocycles. The lowest BCUT2D eigenvalue weighted by Crippen LogP contribution is -1.93. The Kier molecular flexibility index (Phi) is 2.46. The third kappa shape index (κ3) is 1.62. The standard InChI is InChI=1S/C10H8O2/c1-2-5-9(11)8-6-3-4-7-10(8)12/h3-7,12H,1H2. The number of aromatic hydroxyl groups is 1. The number of phenols is 1. The summed E-state index contributed by atoms with van der Waals surface area (Å²) in [7, 11) is 0. The van der Waals surface area contributed by atoms with Crippen molar-refractivity contribution >= 4 is 5.78 Å². The lowest BCUT2D eigenvalue weighted by atomic mass is 10.1. The van der Waals surface area contributed by atoms with Crippen molar-refractivity contribution in [1.29, 1.82) is 0 Å². The molecule has 0 aliphatic heterocycles. The average Bonchev–Trinajstić information content (AvgIpc) is 2.05. The number of phenolic OH excluding ortho intramolecular Hbond substituents is 1. The minimum atomic E-state index is -0.289. The molecule has 0 unspecified atom stereocenters. The zero-order valence-electron chi connectivity index (χ0n) is 6.45. The van der Waals surface area contributed by atoms with E-state index in [0.29, 0.717) is 0 Å². The van der Waals surface area contributed by atoms with Crippen molar-refractivity contribution < 1.29 is 9.90 Å². The first-order chi connectivity index (χ1) is 5.75. The number of rotatable bonds is 2. The van der Waals surface area contributed by atoms with Crippen molar-refractivity contribution in [2.24, 2.45) is 0 Å². The summed E-state index contributed by atoms with van der Waals surface area (Å²) < 4.78 is 0. The van der Waals surface area contributed by atoms with E-state index in [1.165, 1.54) is 12.1 Å². The number of allylic oxidation sites excluding steroid dienone is 1. The molecule has 0 radical (unpaired) electrons. The SMILES string of the molecule is C=C=CC(=O)c1ccccc1O. The number of ketones is 1. The second-order valence-electron chi connectivity index (χ2n) is 2.23. The van der Waals surface area contributed by atoms with Crippen LogP contribution in [0.25, 0.3) is 0 Å². The first-order valence-corrected chi connectivity index (χ1v) is 3.44. The maximum Gasteiger partial charge on any atom is 0.197 e. The molecule has 0 fully saturated rings. The van der Waals surface area contributed by atoms with Crippen molar-refractivity contribution in [2.75, 3.05) is 0 Å². The third-order valence-corrected chi connectivity index (χ3v) is 1.40. The van der Waals surface area contributed by atoms with Gasteiger partial charge >= 0.3 is 0 Å². The molecule has 2 heteroatoms. The van der Waals surface area contributed by atoms with Crippen LogP contribution in [-0.2, 0) is 0 Å². The van der Waals surface area contributed by atoms with Crippen LogP contribution in [0.1, 0.15) is 10.4 Å². The molecule has 1 aromatic rings. The summed E-state index contributed by atoms with van der Waals surface area (Å²) in [5.41, 5.74) is 2.63. The molecular formula is C10H8O2. The zero-order chi connectivity index (χ0) is 8.97. The molecule has 1 aromatic carbocycles. The number of hydrogen-bond acceptors (Lipinski definition) is 2. The molecular weight excluding hydrogens is 152 g/mol. The second kappa shape index (κ2) is 3.56. The van der Waals surface area contributed by atoms with E-state index in [2.05, 4.69) is 12.3 Å². The molecule has 12 heavy (non-hydrogen) atoms. The van der Waals surface area contributed by atoms with E-state index in [-0.39, 0.29) is 17.1 Å². The van der Waals surface area contributed by atoms with Crippen LogP contribution in [0.5, 0.6) is 5.75 Å². The molecule has 0 spiro atoms. The van der Waals surface area contributed by atoms with E-state index in [0.717, 1.165) is 0 Å². The molecule has 0 aliphatic rings. The number of benzene rings is 1. The first-order valence-electron chi connectivity index (χ1n) is 3.44. The van der Waals surface area contributed by atoms with Gasteiger partial charge in [-0.3, -0.25) is 4.79 Å². The first kappa shape index (κ1) is 8.31. The van der Waals surface area contributed by atoms with E-state index >= 15 is 0 Å². The van der Waals surface area contributed by atoms with Crippen molar-refractivity contribution in [3.05, 3.63) is 48.2 Å². The van der Waals surface area contributed by atoms with Crippen molar-refractivity contribution in [3.8, 4) is 5.75 Å². The van der Waals surface area contributed by atoms with Crippen LogP contribution in [0, 0.1) is 0 Å². The summed E-state index contributed by atoms with van der Waals surface area (Å²) >= 11 is 0. The van der Waals surface area contributed by atoms with E-state index < -0.39 is 0 Å². The predicted octanol–water partition coefficient (Wildman–Crippen LogP) is 1.92. The molecule has 0 aliphatic carbocycles. The van der Waals surface area contributed by atoms with Gasteiger partial charge in [0, 0.05) is 6.08 Å². The quantitative estimate of drug-likeness (QED) is 0.407. The lowest BCUT2D eigenvalue weighted by Gasteiger charge is -1.97. The van der Waals surface area contributed by atoms with E-state index in [1.807, 2.05) is 0 Å². The Bertz CT molecular complexity index is 347. The molecule has 0 atom stereocenters. The normalized spacial score (nSPS) is 8.67. The van der Waals surface area contributed by atoms with Crippen molar-refractivity contribution in [1.82, 2.24) is 0 Å². The van der Waals surface area contributed by atoms with Gasteiger partial charge in [0.25, 0.3) is 0 Å². The molecule has 0 bridgehead atoms. The average molecular weight is 160 g/mol. The fraction of sp³-hybridized carbons (Fsp3) is 0. The van der Waals surface area contributed by atoms with Gasteiger partial charge in [0.05, 0.1) is 5.56 Å². The van der Waals surface area contributed by atoms with E-state index in [1.54, 1.807) is 18.2 Å². The monoisotopic (exact) mass is 160 g/mol. The van der Waals surface area contributed by atoms with E-state index in [4.69, 9.17) is 0 Å².